The fourth-order valence-electron chi connectivity index (χ4n) is 1.82. The first-order valence-corrected chi connectivity index (χ1v) is 6.53. The van der Waals surface area contributed by atoms with Gasteiger partial charge in [0.25, 0.3) is 0 Å². The predicted molar refractivity (Wildman–Crippen MR) is 66.1 cm³/mol. The van der Waals surface area contributed by atoms with Gasteiger partial charge in [-0.2, -0.15) is 0 Å². The van der Waals surface area contributed by atoms with Gasteiger partial charge in [-0.15, -0.1) is 0 Å². The average molecular weight is 272 g/mol. The van der Waals surface area contributed by atoms with E-state index in [0.29, 0.717) is 0 Å². The van der Waals surface area contributed by atoms with Crippen LogP contribution in [0, 0.1) is 0 Å². The zero-order valence-electron chi connectivity index (χ0n) is 9.59. The van der Waals surface area contributed by atoms with E-state index in [1.54, 1.807) is 0 Å². The van der Waals surface area contributed by atoms with E-state index in [-0.39, 0.29) is 0 Å². The molecule has 100 valence electrons. The number of ether oxygens (including phenoxy) is 1. The normalized spacial score (nSPS) is 33.6. The summed E-state index contributed by atoms with van der Waals surface area (Å²) < 4.78 is 5.40. The van der Waals surface area contributed by atoms with Crippen LogP contribution in [-0.2, 0) is 4.74 Å². The van der Waals surface area contributed by atoms with E-state index >= 15 is 0 Å². The van der Waals surface area contributed by atoms with Crippen LogP contribution in [-0.4, -0.2) is 56.9 Å². The Morgan fingerprint density at radius 3 is 2.44 bits per heavy atom. The van der Waals surface area contributed by atoms with Gasteiger partial charge < -0.3 is 25.2 Å². The maximum atomic E-state index is 9.85. The average Bonchev–Trinajstić information content (AvgIpc) is 2.67. The molecule has 1 aromatic carbocycles. The van der Waals surface area contributed by atoms with Crippen molar-refractivity contribution in [3.8, 4) is 0 Å². The second-order valence-electron chi connectivity index (χ2n) is 4.13. The summed E-state index contributed by atoms with van der Waals surface area (Å²) in [4.78, 5) is 0.896. The Bertz CT molecular complexity index is 374. The van der Waals surface area contributed by atoms with E-state index in [4.69, 9.17) is 9.84 Å². The van der Waals surface area contributed by atoms with Crippen molar-refractivity contribution in [3.63, 3.8) is 0 Å². The van der Waals surface area contributed by atoms with Gasteiger partial charge in [-0.1, -0.05) is 30.0 Å². The van der Waals surface area contributed by atoms with E-state index in [0.717, 1.165) is 4.90 Å². The molecule has 0 amide bonds. The Kier molecular flexibility index (Phi) is 4.60. The fourth-order valence-corrected chi connectivity index (χ4v) is 2.89. The van der Waals surface area contributed by atoms with Crippen molar-refractivity contribution >= 4 is 11.8 Å². The minimum absolute atomic E-state index is 0.517. The summed E-state index contributed by atoms with van der Waals surface area (Å²) in [5, 5.41) is 37.9. The molecular formula is C12H16O5S. The quantitative estimate of drug-likeness (QED) is 0.595. The molecule has 0 spiro atoms. The lowest BCUT2D eigenvalue weighted by atomic mass is 10.1. The number of aliphatic hydroxyl groups excluding tert-OH is 4. The van der Waals surface area contributed by atoms with Gasteiger partial charge >= 0.3 is 0 Å². The summed E-state index contributed by atoms with van der Waals surface area (Å²) in [5.74, 6) is 0. The van der Waals surface area contributed by atoms with Gasteiger partial charge in [0.1, 0.15) is 29.9 Å². The summed E-state index contributed by atoms with van der Waals surface area (Å²) in [5.41, 5.74) is -0.659. The fraction of sp³-hybridized carbons (Fsp3) is 0.500. The minimum atomic E-state index is -1.20. The topological polar surface area (TPSA) is 90.2 Å². The van der Waals surface area contributed by atoms with Crippen LogP contribution in [0.3, 0.4) is 0 Å². The second kappa shape index (κ2) is 6.01. The zero-order chi connectivity index (χ0) is 13.1. The van der Waals surface area contributed by atoms with Crippen LogP contribution in [0.5, 0.6) is 0 Å². The summed E-state index contributed by atoms with van der Waals surface area (Å²) in [6, 6.07) is 9.33. The standard InChI is InChI=1S/C12H16O5S/c13-6-8(14)11-9(15)10(16)12(17-11)18-7-4-2-1-3-5-7/h1-5,8-16H,6H2. The lowest BCUT2D eigenvalue weighted by molar-refractivity contribution is -0.0713. The number of thioether (sulfide) groups is 1. The molecular weight excluding hydrogens is 256 g/mol. The highest BCUT2D eigenvalue weighted by Gasteiger charge is 2.46. The van der Waals surface area contributed by atoms with Crippen LogP contribution in [0.4, 0.5) is 0 Å². The zero-order valence-corrected chi connectivity index (χ0v) is 10.4. The molecule has 18 heavy (non-hydrogen) atoms. The maximum absolute atomic E-state index is 9.85. The Morgan fingerprint density at radius 1 is 1.17 bits per heavy atom. The summed E-state index contributed by atoms with van der Waals surface area (Å²) in [7, 11) is 0. The highest BCUT2D eigenvalue weighted by molar-refractivity contribution is 7.99. The molecule has 5 atom stereocenters. The van der Waals surface area contributed by atoms with Crippen LogP contribution in [0.1, 0.15) is 0 Å². The molecule has 4 N–H and O–H groups in total. The van der Waals surface area contributed by atoms with Crippen molar-refractivity contribution in [3.05, 3.63) is 30.3 Å². The molecule has 0 bridgehead atoms. The number of hydrogen-bond acceptors (Lipinski definition) is 6. The highest BCUT2D eigenvalue weighted by Crippen LogP contribution is 2.35. The Labute approximate surface area is 109 Å². The molecule has 6 heteroatoms. The SMILES string of the molecule is OCC(O)C1OC(Sc2ccccc2)C(O)C1O. The van der Waals surface area contributed by atoms with Gasteiger partial charge in [-0.25, -0.2) is 0 Å². The first-order chi connectivity index (χ1) is 8.63. The molecule has 1 fully saturated rings. The van der Waals surface area contributed by atoms with Gasteiger partial charge in [0.05, 0.1) is 6.61 Å². The lowest BCUT2D eigenvalue weighted by Gasteiger charge is -2.18. The van der Waals surface area contributed by atoms with Gasteiger partial charge in [0.2, 0.25) is 0 Å². The maximum Gasteiger partial charge on any atom is 0.136 e. The second-order valence-corrected chi connectivity index (χ2v) is 5.30. The Hall–Kier alpha value is -0.630. The van der Waals surface area contributed by atoms with E-state index < -0.39 is 36.5 Å². The molecule has 0 aliphatic carbocycles. The van der Waals surface area contributed by atoms with E-state index in [2.05, 4.69) is 0 Å². The first kappa shape index (κ1) is 13.8. The predicted octanol–water partition coefficient (Wildman–Crippen LogP) is -0.421. The lowest BCUT2D eigenvalue weighted by Crippen LogP contribution is -2.40. The number of benzene rings is 1. The number of aliphatic hydroxyl groups is 4. The number of hydrogen-bond donors (Lipinski definition) is 4. The van der Waals surface area contributed by atoms with E-state index in [1.807, 2.05) is 30.3 Å². The molecule has 2 rings (SSSR count). The van der Waals surface area contributed by atoms with Crippen LogP contribution in [0.15, 0.2) is 35.2 Å². The van der Waals surface area contributed by atoms with Crippen molar-refractivity contribution in [2.24, 2.45) is 0 Å². The van der Waals surface area contributed by atoms with Crippen molar-refractivity contribution < 1.29 is 25.2 Å². The molecule has 1 aliphatic heterocycles. The van der Waals surface area contributed by atoms with Crippen LogP contribution in [0.2, 0.25) is 0 Å². The van der Waals surface area contributed by atoms with Gasteiger partial charge in [-0.3, -0.25) is 0 Å². The van der Waals surface area contributed by atoms with Crippen molar-refractivity contribution in [2.45, 2.75) is 34.7 Å². The largest absolute Gasteiger partial charge is 0.394 e. The summed E-state index contributed by atoms with van der Waals surface area (Å²) in [6.07, 6.45) is -4.46. The third-order valence-corrected chi connectivity index (χ3v) is 3.98. The first-order valence-electron chi connectivity index (χ1n) is 5.65. The van der Waals surface area contributed by atoms with Gasteiger partial charge in [0, 0.05) is 4.90 Å². The monoisotopic (exact) mass is 272 g/mol. The Morgan fingerprint density at radius 2 is 1.83 bits per heavy atom. The minimum Gasteiger partial charge on any atom is -0.394 e. The molecule has 1 aliphatic rings. The van der Waals surface area contributed by atoms with Gasteiger partial charge in [-0.05, 0) is 12.1 Å². The molecule has 5 unspecified atom stereocenters. The Balaban J connectivity index is 2.03. The van der Waals surface area contributed by atoms with E-state index in [1.165, 1.54) is 11.8 Å². The van der Waals surface area contributed by atoms with Crippen molar-refractivity contribution in [1.29, 1.82) is 0 Å². The highest BCUT2D eigenvalue weighted by atomic mass is 32.2. The molecule has 1 heterocycles. The van der Waals surface area contributed by atoms with Crippen LogP contribution >= 0.6 is 11.8 Å². The van der Waals surface area contributed by atoms with Gasteiger partial charge in [0.15, 0.2) is 0 Å². The summed E-state index contributed by atoms with van der Waals surface area (Å²) in [6.45, 7) is -0.517. The van der Waals surface area contributed by atoms with Crippen molar-refractivity contribution in [1.82, 2.24) is 0 Å². The molecule has 0 aromatic heterocycles. The van der Waals surface area contributed by atoms with Crippen LogP contribution in [0.25, 0.3) is 0 Å². The molecule has 0 saturated carbocycles. The van der Waals surface area contributed by atoms with Crippen LogP contribution < -0.4 is 0 Å². The molecule has 1 saturated heterocycles. The summed E-state index contributed by atoms with van der Waals surface area (Å²) >= 11 is 1.27. The van der Waals surface area contributed by atoms with E-state index in [9.17, 15) is 15.3 Å². The molecule has 0 radical (unpaired) electrons. The third-order valence-electron chi connectivity index (χ3n) is 2.82. The number of rotatable bonds is 4. The van der Waals surface area contributed by atoms with Crippen molar-refractivity contribution in [2.75, 3.05) is 6.61 Å². The smallest absolute Gasteiger partial charge is 0.136 e. The third kappa shape index (κ3) is 2.85. The molecule has 5 nitrogen and oxygen atoms in total. The molecule has 1 aromatic rings.